The van der Waals surface area contributed by atoms with E-state index in [1.807, 2.05) is 0 Å². The van der Waals surface area contributed by atoms with Gasteiger partial charge in [0.25, 0.3) is 0 Å². The van der Waals surface area contributed by atoms with Gasteiger partial charge in [-0.1, -0.05) is 0 Å². The summed E-state index contributed by atoms with van der Waals surface area (Å²) in [6, 6.07) is 0. The molecule has 9 N–H and O–H groups in total. The first-order valence-corrected chi connectivity index (χ1v) is 8.74. The highest BCUT2D eigenvalue weighted by molar-refractivity contribution is 4.96. The molecule has 2 aliphatic heterocycles. The van der Waals surface area contributed by atoms with Gasteiger partial charge in [0, 0.05) is 0 Å². The van der Waals surface area contributed by atoms with Crippen molar-refractivity contribution in [3.05, 3.63) is 0 Å². The van der Waals surface area contributed by atoms with Crippen LogP contribution in [0, 0.1) is 0 Å². The number of aliphatic hydroxyl groups excluding tert-OH is 9. The molecule has 0 spiro atoms. The van der Waals surface area contributed by atoms with Crippen molar-refractivity contribution in [2.24, 2.45) is 0 Å². The Hall–Kier alpha value is -0.520. The van der Waals surface area contributed by atoms with E-state index in [2.05, 4.69) is 0 Å². The van der Waals surface area contributed by atoms with Crippen LogP contribution in [0.4, 0.5) is 0 Å². The monoisotopic (exact) mass is 416 g/mol. The van der Waals surface area contributed by atoms with Gasteiger partial charge in [0.1, 0.15) is 54.9 Å². The third kappa shape index (κ3) is 4.96. The summed E-state index contributed by atoms with van der Waals surface area (Å²) in [7, 11) is 0. The van der Waals surface area contributed by atoms with Gasteiger partial charge in [-0.15, -0.1) is 0 Å². The van der Waals surface area contributed by atoms with Crippen LogP contribution in [0.15, 0.2) is 0 Å². The van der Waals surface area contributed by atoms with Crippen molar-refractivity contribution in [1.29, 1.82) is 0 Å². The zero-order valence-electron chi connectivity index (χ0n) is 14.8. The molecule has 0 amide bonds. The van der Waals surface area contributed by atoms with Gasteiger partial charge in [-0.05, 0) is 0 Å². The summed E-state index contributed by atoms with van der Waals surface area (Å²) in [5.74, 6) is 0. The minimum absolute atomic E-state index is 0.584. The molecule has 2 aliphatic rings. The van der Waals surface area contributed by atoms with Crippen molar-refractivity contribution in [3.63, 3.8) is 0 Å². The lowest BCUT2D eigenvalue weighted by Gasteiger charge is -2.27. The lowest BCUT2D eigenvalue weighted by molar-refractivity contribution is -0.226. The van der Waals surface area contributed by atoms with Gasteiger partial charge in [0.05, 0.1) is 26.4 Å². The maximum atomic E-state index is 10.4. The summed E-state index contributed by atoms with van der Waals surface area (Å²) < 4.78 is 21.2. The molecule has 28 heavy (non-hydrogen) atoms. The lowest BCUT2D eigenvalue weighted by Crippen LogP contribution is -2.47. The third-order valence-corrected chi connectivity index (χ3v) is 4.64. The van der Waals surface area contributed by atoms with E-state index in [4.69, 9.17) is 34.3 Å². The van der Waals surface area contributed by atoms with E-state index in [-0.39, 0.29) is 0 Å². The fourth-order valence-electron chi connectivity index (χ4n) is 3.04. The van der Waals surface area contributed by atoms with Crippen molar-refractivity contribution < 1.29 is 64.9 Å². The van der Waals surface area contributed by atoms with Gasteiger partial charge in [0.15, 0.2) is 12.6 Å². The summed E-state index contributed by atoms with van der Waals surface area (Å²) in [5.41, 5.74) is 0. The molecule has 0 aliphatic carbocycles. The Balaban J connectivity index is 2.12. The molecule has 0 aromatic rings. The lowest BCUT2D eigenvalue weighted by atomic mass is 10.0. The van der Waals surface area contributed by atoms with E-state index in [1.54, 1.807) is 0 Å². The molecule has 0 saturated carbocycles. The molecule has 0 aromatic heterocycles. The molecule has 10 atom stereocenters. The number of ether oxygens (including phenoxy) is 4. The van der Waals surface area contributed by atoms with E-state index >= 15 is 0 Å². The number of aliphatic hydroxyl groups is 9. The van der Waals surface area contributed by atoms with E-state index < -0.39 is 93.9 Å². The van der Waals surface area contributed by atoms with E-state index in [9.17, 15) is 30.6 Å². The largest absolute Gasteiger partial charge is 0.394 e. The van der Waals surface area contributed by atoms with E-state index in [0.29, 0.717) is 0 Å². The molecule has 0 radical (unpaired) electrons. The highest BCUT2D eigenvalue weighted by Gasteiger charge is 2.53. The summed E-state index contributed by atoms with van der Waals surface area (Å²) in [4.78, 5) is 0. The SMILES string of the molecule is OCC(CO)O[C@H]1O[C@@H]([C@H](O)CO)[C@H](O[C@H]2O[C@@H]([C@@H](O)CO)[C@@H](O)[C@@H]2O)[C@@H]1O. The van der Waals surface area contributed by atoms with Crippen LogP contribution in [0.1, 0.15) is 0 Å². The third-order valence-electron chi connectivity index (χ3n) is 4.64. The van der Waals surface area contributed by atoms with Gasteiger partial charge < -0.3 is 64.9 Å². The minimum Gasteiger partial charge on any atom is -0.394 e. The second-order valence-corrected chi connectivity index (χ2v) is 6.63. The Bertz CT molecular complexity index is 463. The van der Waals surface area contributed by atoms with Gasteiger partial charge in [-0.3, -0.25) is 0 Å². The second-order valence-electron chi connectivity index (χ2n) is 6.63. The zero-order valence-corrected chi connectivity index (χ0v) is 14.8. The highest BCUT2D eigenvalue weighted by atomic mass is 16.8. The zero-order chi connectivity index (χ0) is 21.0. The van der Waals surface area contributed by atoms with Crippen LogP contribution in [0.25, 0.3) is 0 Å². The fourth-order valence-corrected chi connectivity index (χ4v) is 3.04. The second kappa shape index (κ2) is 10.5. The summed E-state index contributed by atoms with van der Waals surface area (Å²) >= 11 is 0. The molecule has 13 heteroatoms. The molecule has 0 bridgehead atoms. The average molecular weight is 416 g/mol. The minimum atomic E-state index is -1.66. The molecule has 2 rings (SSSR count). The molecule has 0 unspecified atom stereocenters. The first-order valence-electron chi connectivity index (χ1n) is 8.74. The maximum Gasteiger partial charge on any atom is 0.187 e. The first kappa shape index (κ1) is 23.8. The van der Waals surface area contributed by atoms with Crippen molar-refractivity contribution in [1.82, 2.24) is 0 Å². The molecule has 2 saturated heterocycles. The van der Waals surface area contributed by atoms with Crippen LogP contribution in [0.2, 0.25) is 0 Å². The average Bonchev–Trinajstić information content (AvgIpc) is 3.16. The normalized spacial score (nSPS) is 40.9. The van der Waals surface area contributed by atoms with Crippen LogP contribution < -0.4 is 0 Å². The number of hydrogen-bond acceptors (Lipinski definition) is 13. The first-order chi connectivity index (χ1) is 13.3. The van der Waals surface area contributed by atoms with Crippen LogP contribution in [-0.4, -0.2) is 140 Å². The molecule has 2 fully saturated rings. The predicted molar refractivity (Wildman–Crippen MR) is 85.4 cm³/mol. The Kier molecular flexibility index (Phi) is 8.90. The Morgan fingerprint density at radius 3 is 1.75 bits per heavy atom. The van der Waals surface area contributed by atoms with Gasteiger partial charge in [-0.25, -0.2) is 0 Å². The van der Waals surface area contributed by atoms with Crippen molar-refractivity contribution >= 4 is 0 Å². The van der Waals surface area contributed by atoms with Gasteiger partial charge in [0.2, 0.25) is 0 Å². The molecule has 0 aromatic carbocycles. The van der Waals surface area contributed by atoms with Crippen LogP contribution >= 0.6 is 0 Å². The van der Waals surface area contributed by atoms with Crippen molar-refractivity contribution in [3.8, 4) is 0 Å². The topological polar surface area (TPSA) is 219 Å². The van der Waals surface area contributed by atoms with Crippen LogP contribution in [0.5, 0.6) is 0 Å². The van der Waals surface area contributed by atoms with Gasteiger partial charge in [-0.2, -0.15) is 0 Å². The predicted octanol–water partition coefficient (Wildman–Crippen LogP) is -6.02. The quantitative estimate of drug-likeness (QED) is 0.162. The molecule has 13 nitrogen and oxygen atoms in total. The summed E-state index contributed by atoms with van der Waals surface area (Å²) in [5, 5.41) is 86.3. The Morgan fingerprint density at radius 1 is 0.679 bits per heavy atom. The molecular weight excluding hydrogens is 388 g/mol. The fraction of sp³-hybridized carbons (Fsp3) is 1.00. The van der Waals surface area contributed by atoms with Gasteiger partial charge >= 0.3 is 0 Å². The standard InChI is InChI=1S/C15H28O13/c16-1-5(2-17)25-15-10(24)13(12(27-15)7(21)4-19)28-14-9(23)8(22)11(26-14)6(20)3-18/h5-24H,1-4H2/t6-,7+,8-,9-,10-,11-,12-,13+,14+,15-/m0/s1. The van der Waals surface area contributed by atoms with Crippen molar-refractivity contribution in [2.75, 3.05) is 26.4 Å². The van der Waals surface area contributed by atoms with Crippen LogP contribution in [-0.2, 0) is 18.9 Å². The van der Waals surface area contributed by atoms with E-state index in [0.717, 1.165) is 0 Å². The Labute approximate surface area is 159 Å². The molecular formula is C15H28O13. The smallest absolute Gasteiger partial charge is 0.187 e. The molecule has 166 valence electrons. The Morgan fingerprint density at radius 2 is 1.21 bits per heavy atom. The maximum absolute atomic E-state index is 10.4. The number of rotatable bonds is 10. The highest BCUT2D eigenvalue weighted by Crippen LogP contribution is 2.32. The van der Waals surface area contributed by atoms with E-state index in [1.165, 1.54) is 0 Å². The summed E-state index contributed by atoms with van der Waals surface area (Å²) in [6.45, 7) is -2.68. The number of hydrogen-bond donors (Lipinski definition) is 9. The van der Waals surface area contributed by atoms with Crippen LogP contribution in [0.3, 0.4) is 0 Å². The summed E-state index contributed by atoms with van der Waals surface area (Å²) in [6.07, 6.45) is -16.1. The van der Waals surface area contributed by atoms with Crippen molar-refractivity contribution in [2.45, 2.75) is 67.5 Å². The molecule has 2 heterocycles.